The highest BCUT2D eigenvalue weighted by atomic mass is 16.5. The number of aryl methyl sites for hydroxylation is 1. The fraction of sp³-hybridized carbons (Fsp3) is 0.0833. The summed E-state index contributed by atoms with van der Waals surface area (Å²) in [7, 11) is 1.73. The zero-order valence-corrected chi connectivity index (χ0v) is 15.0. The molecule has 2 heteroatoms. The van der Waals surface area contributed by atoms with Crippen LogP contribution in [0.5, 0.6) is 5.75 Å². The molecule has 128 valence electrons. The first-order valence-corrected chi connectivity index (χ1v) is 8.75. The molecule has 26 heavy (non-hydrogen) atoms. The number of hydrogen-bond acceptors (Lipinski definition) is 1. The van der Waals surface area contributed by atoms with Crippen molar-refractivity contribution < 1.29 is 4.74 Å². The third-order valence-electron chi connectivity index (χ3n) is 4.59. The van der Waals surface area contributed by atoms with Crippen LogP contribution in [0.2, 0.25) is 0 Å². The van der Waals surface area contributed by atoms with Crippen LogP contribution in [0.25, 0.3) is 28.2 Å². The molecule has 0 bridgehead atoms. The van der Waals surface area contributed by atoms with E-state index in [-0.39, 0.29) is 0 Å². The number of benzene rings is 3. The van der Waals surface area contributed by atoms with Gasteiger partial charge in [0.2, 0.25) is 0 Å². The van der Waals surface area contributed by atoms with Gasteiger partial charge in [-0.2, -0.15) is 0 Å². The molecule has 0 saturated carbocycles. The molecule has 4 aromatic rings. The largest absolute Gasteiger partial charge is 0.494 e. The maximum absolute atomic E-state index is 5.77. The van der Waals surface area contributed by atoms with Crippen molar-refractivity contribution in [3.63, 3.8) is 0 Å². The predicted molar refractivity (Wildman–Crippen MR) is 108 cm³/mol. The van der Waals surface area contributed by atoms with Crippen molar-refractivity contribution in [2.45, 2.75) is 6.92 Å². The fourth-order valence-electron chi connectivity index (χ4n) is 3.29. The van der Waals surface area contributed by atoms with E-state index in [9.17, 15) is 0 Å². The van der Waals surface area contributed by atoms with E-state index < -0.39 is 0 Å². The average molecular weight is 339 g/mol. The van der Waals surface area contributed by atoms with E-state index in [0.717, 1.165) is 34.0 Å². The maximum Gasteiger partial charge on any atom is 0.145 e. The molecule has 3 aromatic carbocycles. The SMILES string of the molecule is COc1cc(-c2ccccc2)n(-c2ccc(C)cc2)c1-c1ccccc1. The summed E-state index contributed by atoms with van der Waals surface area (Å²) in [6.45, 7) is 2.11. The highest BCUT2D eigenvalue weighted by Crippen LogP contribution is 2.40. The molecule has 0 unspecified atom stereocenters. The number of ether oxygens (including phenoxy) is 1. The molecular weight excluding hydrogens is 318 g/mol. The molecule has 0 saturated heterocycles. The van der Waals surface area contributed by atoms with Gasteiger partial charge in [-0.15, -0.1) is 0 Å². The minimum absolute atomic E-state index is 0.871. The number of nitrogens with zero attached hydrogens (tertiary/aromatic N) is 1. The number of methoxy groups -OCH3 is 1. The lowest BCUT2D eigenvalue weighted by Gasteiger charge is -2.15. The van der Waals surface area contributed by atoms with E-state index in [0.29, 0.717) is 0 Å². The van der Waals surface area contributed by atoms with Gasteiger partial charge in [-0.3, -0.25) is 0 Å². The normalized spacial score (nSPS) is 10.7. The van der Waals surface area contributed by atoms with Crippen LogP contribution in [0.4, 0.5) is 0 Å². The van der Waals surface area contributed by atoms with Gasteiger partial charge >= 0.3 is 0 Å². The molecule has 0 atom stereocenters. The van der Waals surface area contributed by atoms with E-state index in [1.54, 1.807) is 7.11 Å². The lowest BCUT2D eigenvalue weighted by atomic mass is 10.1. The van der Waals surface area contributed by atoms with Crippen LogP contribution >= 0.6 is 0 Å². The molecule has 0 aliphatic rings. The molecule has 0 amide bonds. The van der Waals surface area contributed by atoms with Crippen molar-refractivity contribution in [2.24, 2.45) is 0 Å². The Labute approximate surface area is 154 Å². The van der Waals surface area contributed by atoms with E-state index in [2.05, 4.69) is 90.4 Å². The minimum Gasteiger partial charge on any atom is -0.494 e. The van der Waals surface area contributed by atoms with Crippen LogP contribution in [0.1, 0.15) is 5.56 Å². The van der Waals surface area contributed by atoms with Gasteiger partial charge in [-0.25, -0.2) is 0 Å². The fourth-order valence-corrected chi connectivity index (χ4v) is 3.29. The minimum atomic E-state index is 0.871. The van der Waals surface area contributed by atoms with Gasteiger partial charge in [0.25, 0.3) is 0 Å². The Kier molecular flexibility index (Phi) is 4.32. The Morgan fingerprint density at radius 3 is 1.85 bits per heavy atom. The third kappa shape index (κ3) is 2.91. The molecule has 4 rings (SSSR count). The molecule has 0 spiro atoms. The van der Waals surface area contributed by atoms with E-state index in [1.807, 2.05) is 12.1 Å². The Morgan fingerprint density at radius 2 is 1.27 bits per heavy atom. The molecule has 1 heterocycles. The average Bonchev–Trinajstić information content (AvgIpc) is 3.09. The monoisotopic (exact) mass is 339 g/mol. The quantitative estimate of drug-likeness (QED) is 0.436. The number of hydrogen-bond donors (Lipinski definition) is 0. The van der Waals surface area contributed by atoms with Crippen LogP contribution in [-0.2, 0) is 0 Å². The summed E-state index contributed by atoms with van der Waals surface area (Å²) in [6, 6.07) is 31.6. The van der Waals surface area contributed by atoms with Crippen molar-refractivity contribution in [2.75, 3.05) is 7.11 Å². The lowest BCUT2D eigenvalue weighted by Crippen LogP contribution is -2.00. The molecule has 0 aliphatic carbocycles. The van der Waals surface area contributed by atoms with E-state index in [1.165, 1.54) is 5.56 Å². The lowest BCUT2D eigenvalue weighted by molar-refractivity contribution is 0.416. The van der Waals surface area contributed by atoms with Gasteiger partial charge in [0.05, 0.1) is 18.5 Å². The van der Waals surface area contributed by atoms with Gasteiger partial charge in [-0.05, 0) is 24.6 Å². The smallest absolute Gasteiger partial charge is 0.145 e. The molecule has 0 N–H and O–H groups in total. The van der Waals surface area contributed by atoms with Crippen LogP contribution < -0.4 is 4.74 Å². The topological polar surface area (TPSA) is 14.2 Å². The zero-order chi connectivity index (χ0) is 17.9. The van der Waals surface area contributed by atoms with Gasteiger partial charge in [-0.1, -0.05) is 78.4 Å². The van der Waals surface area contributed by atoms with Crippen molar-refractivity contribution in [1.82, 2.24) is 4.57 Å². The summed E-state index contributed by atoms with van der Waals surface area (Å²) >= 11 is 0. The third-order valence-corrected chi connectivity index (χ3v) is 4.59. The Morgan fingerprint density at radius 1 is 0.692 bits per heavy atom. The van der Waals surface area contributed by atoms with Crippen molar-refractivity contribution in [3.8, 4) is 34.0 Å². The highest BCUT2D eigenvalue weighted by Gasteiger charge is 2.19. The Balaban J connectivity index is 2.04. The predicted octanol–water partition coefficient (Wildman–Crippen LogP) is 6.13. The van der Waals surface area contributed by atoms with Crippen molar-refractivity contribution in [1.29, 1.82) is 0 Å². The van der Waals surface area contributed by atoms with Crippen LogP contribution in [0.3, 0.4) is 0 Å². The first-order valence-electron chi connectivity index (χ1n) is 8.75. The van der Waals surface area contributed by atoms with Gasteiger partial charge in [0.1, 0.15) is 5.75 Å². The second-order valence-corrected chi connectivity index (χ2v) is 6.35. The summed E-state index contributed by atoms with van der Waals surface area (Å²) in [5, 5.41) is 0. The van der Waals surface area contributed by atoms with E-state index >= 15 is 0 Å². The summed E-state index contributed by atoms with van der Waals surface area (Å²) < 4.78 is 8.05. The number of rotatable bonds is 4. The first kappa shape index (κ1) is 16.2. The van der Waals surface area contributed by atoms with Gasteiger partial charge in [0, 0.05) is 17.3 Å². The van der Waals surface area contributed by atoms with Gasteiger partial charge < -0.3 is 9.30 Å². The summed E-state index contributed by atoms with van der Waals surface area (Å²) in [5.74, 6) is 0.871. The highest BCUT2D eigenvalue weighted by molar-refractivity contribution is 5.78. The molecule has 0 fully saturated rings. The van der Waals surface area contributed by atoms with Crippen LogP contribution in [0.15, 0.2) is 91.0 Å². The molecular formula is C24H21NO. The molecule has 1 aromatic heterocycles. The second-order valence-electron chi connectivity index (χ2n) is 6.35. The Hall–Kier alpha value is -3.26. The van der Waals surface area contributed by atoms with Crippen LogP contribution in [0, 0.1) is 6.92 Å². The van der Waals surface area contributed by atoms with E-state index in [4.69, 9.17) is 4.74 Å². The summed E-state index contributed by atoms with van der Waals surface area (Å²) in [4.78, 5) is 0. The Bertz CT molecular complexity index is 1000. The molecule has 0 aliphatic heterocycles. The number of aromatic nitrogens is 1. The van der Waals surface area contributed by atoms with Crippen molar-refractivity contribution >= 4 is 0 Å². The zero-order valence-electron chi connectivity index (χ0n) is 15.0. The summed E-state index contributed by atoms with van der Waals surface area (Å²) in [6.07, 6.45) is 0. The molecule has 0 radical (unpaired) electrons. The second kappa shape index (κ2) is 6.93. The standard InChI is InChI=1S/C24H21NO/c1-18-13-15-21(16-14-18)25-22(19-9-5-3-6-10-19)17-23(26-2)24(25)20-11-7-4-8-12-20/h3-17H,1-2H3. The molecule has 2 nitrogen and oxygen atoms in total. The first-order chi connectivity index (χ1) is 12.8. The van der Waals surface area contributed by atoms with Crippen molar-refractivity contribution in [3.05, 3.63) is 96.6 Å². The van der Waals surface area contributed by atoms with Gasteiger partial charge in [0.15, 0.2) is 0 Å². The van der Waals surface area contributed by atoms with Crippen LogP contribution in [-0.4, -0.2) is 11.7 Å². The summed E-state index contributed by atoms with van der Waals surface area (Å²) in [5.41, 5.74) is 6.84. The maximum atomic E-state index is 5.77.